The number of hydrogen-bond donors (Lipinski definition) is 1. The van der Waals surface area contributed by atoms with Crippen molar-refractivity contribution in [3.05, 3.63) is 42.6 Å². The first kappa shape index (κ1) is 14.7. The lowest BCUT2D eigenvalue weighted by molar-refractivity contribution is -0.0533. The minimum absolute atomic E-state index is 0.0333. The predicted molar refractivity (Wildman–Crippen MR) is 86.0 cm³/mol. The molecule has 2 fully saturated rings. The zero-order valence-electron chi connectivity index (χ0n) is 13.1. The molecule has 0 saturated carbocycles. The Morgan fingerprint density at radius 2 is 2.26 bits per heavy atom. The van der Waals surface area contributed by atoms with Crippen molar-refractivity contribution in [1.29, 1.82) is 0 Å². The van der Waals surface area contributed by atoms with E-state index in [-0.39, 0.29) is 11.6 Å². The fourth-order valence-electron chi connectivity index (χ4n) is 3.74. The molecule has 2 aliphatic rings. The minimum atomic E-state index is -0.0333. The number of aromatic nitrogens is 2. The van der Waals surface area contributed by atoms with Crippen molar-refractivity contribution in [3.63, 3.8) is 0 Å². The molecule has 4 heterocycles. The van der Waals surface area contributed by atoms with E-state index in [9.17, 15) is 0 Å². The molecule has 0 bridgehead atoms. The number of likely N-dealkylation sites (tertiary alicyclic amines) is 1. The first-order chi connectivity index (χ1) is 11.3. The summed E-state index contributed by atoms with van der Waals surface area (Å²) in [7, 11) is 0. The van der Waals surface area contributed by atoms with Crippen LogP contribution in [0.1, 0.15) is 24.8 Å². The quantitative estimate of drug-likeness (QED) is 0.934. The number of rotatable bonds is 4. The summed E-state index contributed by atoms with van der Waals surface area (Å²) < 4.78 is 11.4. The second-order valence-electron chi connectivity index (χ2n) is 6.56. The summed E-state index contributed by atoms with van der Waals surface area (Å²) in [5, 5.41) is 3.39. The van der Waals surface area contributed by atoms with Crippen LogP contribution in [0.5, 0.6) is 0 Å². The highest BCUT2D eigenvalue weighted by Crippen LogP contribution is 2.35. The van der Waals surface area contributed by atoms with E-state index in [2.05, 4.69) is 20.2 Å². The lowest BCUT2D eigenvalue weighted by atomic mass is 9.88. The van der Waals surface area contributed by atoms with Crippen LogP contribution in [0.3, 0.4) is 0 Å². The molecule has 2 aliphatic heterocycles. The molecule has 2 atom stereocenters. The maximum atomic E-state index is 6.23. The van der Waals surface area contributed by atoms with Crippen molar-refractivity contribution in [1.82, 2.24) is 14.9 Å². The van der Waals surface area contributed by atoms with Gasteiger partial charge in [0.05, 0.1) is 30.8 Å². The Balaban J connectivity index is 1.37. The van der Waals surface area contributed by atoms with Crippen molar-refractivity contribution >= 4 is 5.95 Å². The maximum absolute atomic E-state index is 6.23. The van der Waals surface area contributed by atoms with Gasteiger partial charge in [0, 0.05) is 37.5 Å². The van der Waals surface area contributed by atoms with E-state index >= 15 is 0 Å². The van der Waals surface area contributed by atoms with E-state index in [4.69, 9.17) is 9.15 Å². The first-order valence-corrected chi connectivity index (χ1v) is 8.22. The molecule has 1 spiro atoms. The molecule has 6 nitrogen and oxygen atoms in total. The van der Waals surface area contributed by atoms with E-state index in [1.54, 1.807) is 18.7 Å². The van der Waals surface area contributed by atoms with E-state index < -0.39 is 0 Å². The number of furan rings is 1. The number of piperidine rings is 1. The summed E-state index contributed by atoms with van der Waals surface area (Å²) in [6.45, 7) is 3.75. The number of hydrogen-bond acceptors (Lipinski definition) is 6. The van der Waals surface area contributed by atoms with Crippen LogP contribution >= 0.6 is 0 Å². The van der Waals surface area contributed by atoms with Gasteiger partial charge in [-0.25, -0.2) is 9.97 Å². The van der Waals surface area contributed by atoms with Crippen molar-refractivity contribution < 1.29 is 9.15 Å². The second kappa shape index (κ2) is 6.29. The SMILES string of the molecule is c1cnc(N[C@H]2CO[C@@]3(CCCN(Cc4ccoc4)C3)C2)nc1. The Morgan fingerprint density at radius 1 is 1.35 bits per heavy atom. The second-order valence-corrected chi connectivity index (χ2v) is 6.56. The van der Waals surface area contributed by atoms with Crippen molar-refractivity contribution in [2.75, 3.05) is 25.0 Å². The van der Waals surface area contributed by atoms with Crippen molar-refractivity contribution in [3.8, 4) is 0 Å². The molecule has 0 aliphatic carbocycles. The van der Waals surface area contributed by atoms with Gasteiger partial charge in [0.15, 0.2) is 0 Å². The summed E-state index contributed by atoms with van der Waals surface area (Å²) in [5.41, 5.74) is 1.20. The summed E-state index contributed by atoms with van der Waals surface area (Å²) in [6, 6.07) is 4.15. The molecule has 2 saturated heterocycles. The van der Waals surface area contributed by atoms with Gasteiger partial charge < -0.3 is 14.5 Å². The number of nitrogens with one attached hydrogen (secondary N) is 1. The van der Waals surface area contributed by atoms with Gasteiger partial charge in [-0.3, -0.25) is 4.90 Å². The van der Waals surface area contributed by atoms with Crippen LogP contribution in [-0.2, 0) is 11.3 Å². The third-order valence-corrected chi connectivity index (χ3v) is 4.71. The predicted octanol–water partition coefficient (Wildman–Crippen LogP) is 2.31. The minimum Gasteiger partial charge on any atom is -0.472 e. The lowest BCUT2D eigenvalue weighted by Crippen LogP contribution is -2.47. The van der Waals surface area contributed by atoms with Crippen LogP contribution in [-0.4, -0.2) is 46.2 Å². The third kappa shape index (κ3) is 3.38. The smallest absolute Gasteiger partial charge is 0.222 e. The fraction of sp³-hybridized carbons (Fsp3) is 0.529. The molecule has 122 valence electrons. The lowest BCUT2D eigenvalue weighted by Gasteiger charge is -2.39. The molecule has 1 N–H and O–H groups in total. The number of nitrogens with zero attached hydrogens (tertiary/aromatic N) is 3. The van der Waals surface area contributed by atoms with Gasteiger partial charge in [0.25, 0.3) is 0 Å². The number of ether oxygens (including phenoxy) is 1. The van der Waals surface area contributed by atoms with Crippen LogP contribution in [0.2, 0.25) is 0 Å². The van der Waals surface area contributed by atoms with E-state index in [1.165, 1.54) is 12.0 Å². The molecule has 0 amide bonds. The van der Waals surface area contributed by atoms with Gasteiger partial charge in [0.2, 0.25) is 5.95 Å². The molecule has 23 heavy (non-hydrogen) atoms. The van der Waals surface area contributed by atoms with E-state index in [0.29, 0.717) is 5.95 Å². The van der Waals surface area contributed by atoms with Gasteiger partial charge in [-0.1, -0.05) is 0 Å². The monoisotopic (exact) mass is 314 g/mol. The van der Waals surface area contributed by atoms with Gasteiger partial charge in [-0.05, 0) is 31.5 Å². The summed E-state index contributed by atoms with van der Waals surface area (Å²) in [6.07, 6.45) is 10.4. The summed E-state index contributed by atoms with van der Waals surface area (Å²) >= 11 is 0. The highest BCUT2D eigenvalue weighted by molar-refractivity contribution is 5.25. The Kier molecular flexibility index (Phi) is 4.01. The summed E-state index contributed by atoms with van der Waals surface area (Å²) in [5.74, 6) is 0.684. The highest BCUT2D eigenvalue weighted by Gasteiger charge is 2.43. The highest BCUT2D eigenvalue weighted by atomic mass is 16.5. The van der Waals surface area contributed by atoms with Gasteiger partial charge >= 0.3 is 0 Å². The Morgan fingerprint density at radius 3 is 3.09 bits per heavy atom. The molecule has 2 aromatic heterocycles. The topological polar surface area (TPSA) is 63.4 Å². The molecule has 0 aromatic carbocycles. The zero-order chi connectivity index (χ0) is 15.5. The third-order valence-electron chi connectivity index (χ3n) is 4.71. The maximum Gasteiger partial charge on any atom is 0.222 e. The molecule has 0 unspecified atom stereocenters. The molecule has 4 rings (SSSR count). The molecule has 0 radical (unpaired) electrons. The molecular weight excluding hydrogens is 292 g/mol. The Hall–Kier alpha value is -1.92. The average molecular weight is 314 g/mol. The van der Waals surface area contributed by atoms with Crippen LogP contribution < -0.4 is 5.32 Å². The standard InChI is InChI=1S/C17H22N4O2/c1-4-17(13-21(7-1)10-14-3-8-22-11-14)9-15(12-23-17)20-16-18-5-2-6-19-16/h2-3,5-6,8,11,15H,1,4,7,9-10,12-13H2,(H,18,19,20)/t15-,17+/m1/s1. The normalized spacial score (nSPS) is 28.3. The number of anilines is 1. The van der Waals surface area contributed by atoms with Crippen molar-refractivity contribution in [2.24, 2.45) is 0 Å². The molecule has 2 aromatic rings. The average Bonchev–Trinajstić information content (AvgIpc) is 3.19. The Labute approximate surface area is 135 Å². The van der Waals surface area contributed by atoms with Crippen LogP contribution in [0.15, 0.2) is 41.5 Å². The van der Waals surface area contributed by atoms with Gasteiger partial charge in [0.1, 0.15) is 0 Å². The first-order valence-electron chi connectivity index (χ1n) is 8.22. The van der Waals surface area contributed by atoms with Gasteiger partial charge in [-0.15, -0.1) is 0 Å². The van der Waals surface area contributed by atoms with Crippen LogP contribution in [0, 0.1) is 0 Å². The van der Waals surface area contributed by atoms with Crippen LogP contribution in [0.25, 0.3) is 0 Å². The fourth-order valence-corrected chi connectivity index (χ4v) is 3.74. The van der Waals surface area contributed by atoms with Crippen LogP contribution in [0.4, 0.5) is 5.95 Å². The zero-order valence-corrected chi connectivity index (χ0v) is 13.1. The van der Waals surface area contributed by atoms with Crippen molar-refractivity contribution in [2.45, 2.75) is 37.5 Å². The van der Waals surface area contributed by atoms with E-state index in [1.807, 2.05) is 18.4 Å². The summed E-state index contributed by atoms with van der Waals surface area (Å²) in [4.78, 5) is 11.0. The molecular formula is C17H22N4O2. The van der Waals surface area contributed by atoms with E-state index in [0.717, 1.165) is 39.1 Å². The van der Waals surface area contributed by atoms with Gasteiger partial charge in [-0.2, -0.15) is 0 Å². The molecule has 6 heteroatoms. The largest absolute Gasteiger partial charge is 0.472 e. The Bertz CT molecular complexity index is 619.